The molecule has 67 valence electrons. The van der Waals surface area contributed by atoms with Crippen LogP contribution in [0.1, 0.15) is 59.3 Å². The average Bonchev–Trinajstić information content (AvgIpc) is 2.01. The van der Waals surface area contributed by atoms with E-state index in [9.17, 15) is 0 Å². The molecule has 0 aliphatic carbocycles. The summed E-state index contributed by atoms with van der Waals surface area (Å²) in [6, 6.07) is 0. The maximum atomic E-state index is 2.39. The molecule has 0 spiro atoms. The summed E-state index contributed by atoms with van der Waals surface area (Å²) in [6.07, 6.45) is 10.5. The van der Waals surface area contributed by atoms with E-state index < -0.39 is 0 Å². The first-order valence-corrected chi connectivity index (χ1v) is 5.12. The Morgan fingerprint density at radius 1 is 1.18 bits per heavy atom. The van der Waals surface area contributed by atoms with Gasteiger partial charge in [-0.05, 0) is 18.8 Å². The van der Waals surface area contributed by atoms with E-state index in [1.807, 2.05) is 0 Å². The molecule has 0 rings (SSSR count). The van der Waals surface area contributed by atoms with Crippen LogP contribution in [0, 0.1) is 12.3 Å². The highest BCUT2D eigenvalue weighted by Crippen LogP contribution is 2.14. The lowest BCUT2D eigenvalue weighted by Gasteiger charge is -2.08. The summed E-state index contributed by atoms with van der Waals surface area (Å²) in [5.74, 6) is 0.942. The van der Waals surface area contributed by atoms with Crippen LogP contribution < -0.4 is 0 Å². The quantitative estimate of drug-likeness (QED) is 0.483. The Kier molecular flexibility index (Phi) is 8.10. The van der Waals surface area contributed by atoms with Gasteiger partial charge in [0.25, 0.3) is 0 Å². The molecular formula is C11H23. The molecule has 11 heavy (non-hydrogen) atoms. The first-order valence-electron chi connectivity index (χ1n) is 5.12. The molecule has 0 heterocycles. The fourth-order valence-electron chi connectivity index (χ4n) is 1.30. The number of hydrogen-bond acceptors (Lipinski definition) is 0. The van der Waals surface area contributed by atoms with E-state index in [0.29, 0.717) is 0 Å². The molecule has 0 saturated carbocycles. The van der Waals surface area contributed by atoms with Crippen molar-refractivity contribution in [2.45, 2.75) is 59.3 Å². The summed E-state index contributed by atoms with van der Waals surface area (Å²) in [6.45, 7) is 6.86. The molecule has 0 bridgehead atoms. The summed E-state index contributed by atoms with van der Waals surface area (Å²) in [5, 5.41) is 0. The van der Waals surface area contributed by atoms with Crippen molar-refractivity contribution in [2.24, 2.45) is 5.92 Å². The normalized spacial score (nSPS) is 13.4. The van der Waals surface area contributed by atoms with E-state index in [2.05, 4.69) is 27.2 Å². The first-order chi connectivity index (χ1) is 5.31. The van der Waals surface area contributed by atoms with Crippen LogP contribution >= 0.6 is 0 Å². The average molecular weight is 155 g/mol. The van der Waals surface area contributed by atoms with Crippen LogP contribution in [-0.4, -0.2) is 0 Å². The first kappa shape index (κ1) is 11.0. The van der Waals surface area contributed by atoms with E-state index in [-0.39, 0.29) is 0 Å². The van der Waals surface area contributed by atoms with Crippen LogP contribution in [0.2, 0.25) is 0 Å². The molecule has 0 saturated heterocycles. The molecule has 0 aromatic carbocycles. The third-order valence-corrected chi connectivity index (χ3v) is 2.20. The minimum absolute atomic E-state index is 0.942. The Bertz CT molecular complexity index is 66.4. The minimum atomic E-state index is 0.942. The van der Waals surface area contributed by atoms with E-state index >= 15 is 0 Å². The van der Waals surface area contributed by atoms with Crippen molar-refractivity contribution in [3.63, 3.8) is 0 Å². The molecule has 0 aromatic heterocycles. The van der Waals surface area contributed by atoms with Gasteiger partial charge in [-0.2, -0.15) is 0 Å². The fraction of sp³-hybridized carbons (Fsp3) is 0.909. The van der Waals surface area contributed by atoms with Crippen molar-refractivity contribution in [2.75, 3.05) is 0 Å². The molecule has 0 N–H and O–H groups in total. The molecule has 1 unspecified atom stereocenters. The van der Waals surface area contributed by atoms with Crippen molar-refractivity contribution in [3.8, 4) is 0 Å². The van der Waals surface area contributed by atoms with Gasteiger partial charge in [0.05, 0.1) is 0 Å². The summed E-state index contributed by atoms with van der Waals surface area (Å²) >= 11 is 0. The Balaban J connectivity index is 3.02. The molecule has 1 radical (unpaired) electrons. The number of unbranched alkanes of at least 4 members (excludes halogenated alkanes) is 3. The smallest absolute Gasteiger partial charge is 0.0388 e. The van der Waals surface area contributed by atoms with E-state index in [1.54, 1.807) is 0 Å². The van der Waals surface area contributed by atoms with Crippen molar-refractivity contribution >= 4 is 0 Å². The maximum Gasteiger partial charge on any atom is -0.0388 e. The Hall–Kier alpha value is 0. The van der Waals surface area contributed by atoms with Gasteiger partial charge in [-0.1, -0.05) is 52.9 Å². The van der Waals surface area contributed by atoms with Gasteiger partial charge in [0.1, 0.15) is 0 Å². The van der Waals surface area contributed by atoms with Crippen LogP contribution in [0.4, 0.5) is 0 Å². The molecule has 1 atom stereocenters. The van der Waals surface area contributed by atoms with Gasteiger partial charge in [0.15, 0.2) is 0 Å². The second kappa shape index (κ2) is 8.10. The highest BCUT2D eigenvalue weighted by molar-refractivity contribution is 4.64. The van der Waals surface area contributed by atoms with E-state index in [4.69, 9.17) is 0 Å². The molecule has 0 amide bonds. The third kappa shape index (κ3) is 7.90. The third-order valence-electron chi connectivity index (χ3n) is 2.20. The lowest BCUT2D eigenvalue weighted by molar-refractivity contribution is 0.468. The summed E-state index contributed by atoms with van der Waals surface area (Å²) in [7, 11) is 0. The Morgan fingerprint density at radius 2 is 1.91 bits per heavy atom. The summed E-state index contributed by atoms with van der Waals surface area (Å²) in [4.78, 5) is 0. The largest absolute Gasteiger partial charge is 0.0654 e. The number of hydrogen-bond donors (Lipinski definition) is 0. The molecular weight excluding hydrogens is 132 g/mol. The zero-order chi connectivity index (χ0) is 8.53. The Morgan fingerprint density at radius 3 is 2.45 bits per heavy atom. The maximum absolute atomic E-state index is 2.39. The van der Waals surface area contributed by atoms with Gasteiger partial charge < -0.3 is 0 Å². The predicted molar refractivity (Wildman–Crippen MR) is 52.5 cm³/mol. The van der Waals surface area contributed by atoms with Gasteiger partial charge in [-0.25, -0.2) is 0 Å². The lowest BCUT2D eigenvalue weighted by Crippen LogP contribution is -1.94. The highest BCUT2D eigenvalue weighted by atomic mass is 14.1. The van der Waals surface area contributed by atoms with Gasteiger partial charge in [0.2, 0.25) is 0 Å². The van der Waals surface area contributed by atoms with Crippen LogP contribution in [0.25, 0.3) is 0 Å². The van der Waals surface area contributed by atoms with E-state index in [1.165, 1.54) is 38.5 Å². The molecule has 0 nitrogen and oxygen atoms in total. The molecule has 0 fully saturated rings. The van der Waals surface area contributed by atoms with Gasteiger partial charge in [-0.3, -0.25) is 0 Å². The van der Waals surface area contributed by atoms with E-state index in [0.717, 1.165) is 5.92 Å². The second-order valence-electron chi connectivity index (χ2n) is 3.52. The highest BCUT2D eigenvalue weighted by Gasteiger charge is 1.99. The van der Waals surface area contributed by atoms with Crippen molar-refractivity contribution in [1.82, 2.24) is 0 Å². The van der Waals surface area contributed by atoms with Crippen LogP contribution in [0.5, 0.6) is 0 Å². The van der Waals surface area contributed by atoms with Gasteiger partial charge in [0, 0.05) is 0 Å². The second-order valence-corrected chi connectivity index (χ2v) is 3.52. The standard InChI is InChI=1S/C11H23/c1-4-6-8-10-11(3)9-7-5-2/h6,11H,4-5,7-10H2,1-3H3. The summed E-state index contributed by atoms with van der Waals surface area (Å²) < 4.78 is 0. The zero-order valence-corrected chi connectivity index (χ0v) is 8.40. The fourth-order valence-corrected chi connectivity index (χ4v) is 1.30. The van der Waals surface area contributed by atoms with Gasteiger partial charge in [-0.15, -0.1) is 0 Å². The molecule has 0 heteroatoms. The van der Waals surface area contributed by atoms with Crippen LogP contribution in [0.3, 0.4) is 0 Å². The van der Waals surface area contributed by atoms with Crippen LogP contribution in [-0.2, 0) is 0 Å². The van der Waals surface area contributed by atoms with Crippen molar-refractivity contribution < 1.29 is 0 Å². The molecule has 0 aromatic rings. The zero-order valence-electron chi connectivity index (χ0n) is 8.40. The monoisotopic (exact) mass is 155 g/mol. The summed E-state index contributed by atoms with van der Waals surface area (Å²) in [5.41, 5.74) is 0. The minimum Gasteiger partial charge on any atom is -0.0654 e. The van der Waals surface area contributed by atoms with Gasteiger partial charge >= 0.3 is 0 Å². The Labute approximate surface area is 72.4 Å². The predicted octanol–water partition coefficient (Wildman–Crippen LogP) is 4.21. The van der Waals surface area contributed by atoms with Crippen molar-refractivity contribution in [1.29, 1.82) is 0 Å². The SMILES string of the molecule is CC[CH]CCC(C)CCCC. The van der Waals surface area contributed by atoms with Crippen molar-refractivity contribution in [3.05, 3.63) is 6.42 Å². The van der Waals surface area contributed by atoms with Crippen LogP contribution in [0.15, 0.2) is 0 Å². The number of rotatable bonds is 7. The molecule has 0 aliphatic heterocycles. The topological polar surface area (TPSA) is 0 Å². The lowest BCUT2D eigenvalue weighted by atomic mass is 9.98. The molecule has 0 aliphatic rings.